The predicted octanol–water partition coefficient (Wildman–Crippen LogP) is 3.78. The number of benzene rings is 1. The number of anilines is 2. The quantitative estimate of drug-likeness (QED) is 0.857. The molecule has 1 fully saturated rings. The highest BCUT2D eigenvalue weighted by Crippen LogP contribution is 2.38. The molecule has 0 amide bonds. The van der Waals surface area contributed by atoms with Gasteiger partial charge in [-0.25, -0.2) is 4.39 Å². The second-order valence-corrected chi connectivity index (χ2v) is 5.12. The first-order chi connectivity index (χ1) is 9.43. The van der Waals surface area contributed by atoms with Crippen LogP contribution in [0.5, 0.6) is 5.75 Å². The number of hydrogen-bond acceptors (Lipinski definition) is 3. The second kappa shape index (κ2) is 5.81. The van der Waals surface area contributed by atoms with Crippen LogP contribution >= 0.6 is 0 Å². The summed E-state index contributed by atoms with van der Waals surface area (Å²) in [5.41, 5.74) is 6.67. The molecule has 0 spiro atoms. The van der Waals surface area contributed by atoms with Crippen molar-refractivity contribution in [1.29, 1.82) is 0 Å². The molecule has 1 aliphatic heterocycles. The van der Waals surface area contributed by atoms with Gasteiger partial charge < -0.3 is 15.4 Å². The molecule has 20 heavy (non-hydrogen) atoms. The van der Waals surface area contributed by atoms with E-state index < -0.39 is 18.2 Å². The van der Waals surface area contributed by atoms with Gasteiger partial charge in [-0.05, 0) is 26.2 Å². The van der Waals surface area contributed by atoms with Gasteiger partial charge in [0, 0.05) is 24.2 Å². The van der Waals surface area contributed by atoms with Gasteiger partial charge in [-0.15, -0.1) is 0 Å². The molecule has 0 aliphatic carbocycles. The van der Waals surface area contributed by atoms with Crippen LogP contribution in [0.25, 0.3) is 0 Å². The Labute approximate surface area is 116 Å². The standard InChI is InChI=1S/C14H19F3N2O/c1-3-9-5-4-8(2)19(9)12-7-13(20-14(16)17)10(15)6-11(12)18/h6-9,14H,3-5,18H2,1-2H3. The molecule has 1 aromatic rings. The maximum Gasteiger partial charge on any atom is 0.387 e. The van der Waals surface area contributed by atoms with E-state index in [1.54, 1.807) is 0 Å². The van der Waals surface area contributed by atoms with Crippen LogP contribution in [0.15, 0.2) is 12.1 Å². The van der Waals surface area contributed by atoms with Crippen molar-refractivity contribution in [2.75, 3.05) is 10.6 Å². The molecule has 112 valence electrons. The highest BCUT2D eigenvalue weighted by atomic mass is 19.3. The topological polar surface area (TPSA) is 38.5 Å². The Morgan fingerprint density at radius 2 is 2.10 bits per heavy atom. The van der Waals surface area contributed by atoms with Gasteiger partial charge in [0.25, 0.3) is 0 Å². The summed E-state index contributed by atoms with van der Waals surface area (Å²) in [5.74, 6) is -1.33. The van der Waals surface area contributed by atoms with Crippen molar-refractivity contribution < 1.29 is 17.9 Å². The van der Waals surface area contributed by atoms with Crippen LogP contribution in [-0.4, -0.2) is 18.7 Å². The van der Waals surface area contributed by atoms with Gasteiger partial charge in [0.2, 0.25) is 0 Å². The SMILES string of the molecule is CCC1CCC(C)N1c1cc(OC(F)F)c(F)cc1N. The van der Waals surface area contributed by atoms with Crippen LogP contribution in [0.2, 0.25) is 0 Å². The fourth-order valence-corrected chi connectivity index (χ4v) is 2.87. The number of rotatable bonds is 4. The van der Waals surface area contributed by atoms with E-state index in [4.69, 9.17) is 5.73 Å². The lowest BCUT2D eigenvalue weighted by Crippen LogP contribution is -2.34. The third-order valence-electron chi connectivity index (χ3n) is 3.83. The van der Waals surface area contributed by atoms with E-state index in [2.05, 4.69) is 16.6 Å². The van der Waals surface area contributed by atoms with Gasteiger partial charge >= 0.3 is 6.61 Å². The number of halogens is 3. The second-order valence-electron chi connectivity index (χ2n) is 5.12. The molecule has 0 radical (unpaired) electrons. The highest BCUT2D eigenvalue weighted by Gasteiger charge is 2.31. The van der Waals surface area contributed by atoms with Crippen molar-refractivity contribution in [2.45, 2.75) is 51.8 Å². The average molecular weight is 288 g/mol. The largest absolute Gasteiger partial charge is 0.432 e. The third kappa shape index (κ3) is 2.78. The number of alkyl halides is 2. The molecule has 0 saturated carbocycles. The molecule has 0 aromatic heterocycles. The summed E-state index contributed by atoms with van der Waals surface area (Å²) in [6, 6.07) is 2.86. The lowest BCUT2D eigenvalue weighted by molar-refractivity contribution is -0.0521. The van der Waals surface area contributed by atoms with E-state index >= 15 is 0 Å². The minimum Gasteiger partial charge on any atom is -0.432 e. The summed E-state index contributed by atoms with van der Waals surface area (Å²) >= 11 is 0. The fourth-order valence-electron chi connectivity index (χ4n) is 2.87. The highest BCUT2D eigenvalue weighted by molar-refractivity contribution is 5.71. The maximum atomic E-state index is 13.6. The van der Waals surface area contributed by atoms with E-state index in [-0.39, 0.29) is 17.8 Å². The van der Waals surface area contributed by atoms with Gasteiger partial charge in [-0.3, -0.25) is 0 Å². The number of ether oxygens (including phenoxy) is 1. The van der Waals surface area contributed by atoms with Crippen molar-refractivity contribution >= 4 is 11.4 Å². The Balaban J connectivity index is 2.39. The summed E-state index contributed by atoms with van der Waals surface area (Å²) in [7, 11) is 0. The summed E-state index contributed by atoms with van der Waals surface area (Å²) in [6.45, 7) is 1.05. The first kappa shape index (κ1) is 14.8. The predicted molar refractivity (Wildman–Crippen MR) is 72.7 cm³/mol. The minimum absolute atomic E-state index is 0.243. The molecular weight excluding hydrogens is 269 g/mol. The number of nitrogen functional groups attached to an aromatic ring is 1. The van der Waals surface area contributed by atoms with Crippen molar-refractivity contribution in [3.63, 3.8) is 0 Å². The zero-order valence-corrected chi connectivity index (χ0v) is 11.6. The smallest absolute Gasteiger partial charge is 0.387 e. The Hall–Kier alpha value is -1.59. The van der Waals surface area contributed by atoms with E-state index in [0.29, 0.717) is 5.69 Å². The third-order valence-corrected chi connectivity index (χ3v) is 3.83. The molecule has 2 atom stereocenters. The Morgan fingerprint density at radius 3 is 2.70 bits per heavy atom. The van der Waals surface area contributed by atoms with Crippen molar-refractivity contribution in [3.8, 4) is 5.75 Å². The zero-order chi connectivity index (χ0) is 14.9. The molecule has 2 N–H and O–H groups in total. The first-order valence-electron chi connectivity index (χ1n) is 6.76. The van der Waals surface area contributed by atoms with Crippen LogP contribution in [0, 0.1) is 5.82 Å². The number of nitrogens with two attached hydrogens (primary N) is 1. The van der Waals surface area contributed by atoms with Gasteiger partial charge in [0.1, 0.15) is 0 Å². The Kier molecular flexibility index (Phi) is 4.30. The molecule has 1 aliphatic rings. The molecule has 6 heteroatoms. The van der Waals surface area contributed by atoms with Gasteiger partial charge in [-0.1, -0.05) is 6.92 Å². The molecular formula is C14H19F3N2O. The van der Waals surface area contributed by atoms with E-state index in [1.165, 1.54) is 6.07 Å². The molecule has 1 saturated heterocycles. The van der Waals surface area contributed by atoms with Crippen LogP contribution in [-0.2, 0) is 0 Å². The van der Waals surface area contributed by atoms with E-state index in [9.17, 15) is 13.2 Å². The van der Waals surface area contributed by atoms with E-state index in [0.717, 1.165) is 25.3 Å². The van der Waals surface area contributed by atoms with Crippen LogP contribution in [0.4, 0.5) is 24.5 Å². The summed E-state index contributed by atoms with van der Waals surface area (Å²) in [5, 5.41) is 0. The van der Waals surface area contributed by atoms with E-state index in [1.807, 2.05) is 6.92 Å². The number of hydrogen-bond donors (Lipinski definition) is 1. The summed E-state index contributed by atoms with van der Waals surface area (Å²) < 4.78 is 42.4. The van der Waals surface area contributed by atoms with Crippen LogP contribution < -0.4 is 15.4 Å². The van der Waals surface area contributed by atoms with Gasteiger partial charge in [-0.2, -0.15) is 8.78 Å². The van der Waals surface area contributed by atoms with Crippen molar-refractivity contribution in [2.24, 2.45) is 0 Å². The van der Waals surface area contributed by atoms with Crippen LogP contribution in [0.3, 0.4) is 0 Å². The maximum absolute atomic E-state index is 13.6. The van der Waals surface area contributed by atoms with Gasteiger partial charge in [0.05, 0.1) is 11.4 Å². The van der Waals surface area contributed by atoms with Gasteiger partial charge in [0.15, 0.2) is 11.6 Å². The summed E-state index contributed by atoms with van der Waals surface area (Å²) in [4.78, 5) is 2.08. The average Bonchev–Trinajstić information content (AvgIpc) is 2.73. The number of nitrogens with zero attached hydrogens (tertiary/aromatic N) is 1. The lowest BCUT2D eigenvalue weighted by Gasteiger charge is -2.31. The molecule has 2 rings (SSSR count). The van der Waals surface area contributed by atoms with Crippen LogP contribution in [0.1, 0.15) is 33.1 Å². The Bertz CT molecular complexity index is 482. The zero-order valence-electron chi connectivity index (χ0n) is 11.6. The molecule has 2 unspecified atom stereocenters. The normalized spacial score (nSPS) is 22.6. The molecule has 1 heterocycles. The lowest BCUT2D eigenvalue weighted by atomic mass is 10.1. The monoisotopic (exact) mass is 288 g/mol. The Morgan fingerprint density at radius 1 is 1.40 bits per heavy atom. The minimum atomic E-state index is -3.06. The summed E-state index contributed by atoms with van der Waals surface area (Å²) in [6.07, 6.45) is 2.94. The van der Waals surface area contributed by atoms with Crippen molar-refractivity contribution in [3.05, 3.63) is 17.9 Å². The molecule has 0 bridgehead atoms. The molecule has 1 aromatic carbocycles. The van der Waals surface area contributed by atoms with Crippen molar-refractivity contribution in [1.82, 2.24) is 0 Å². The fraction of sp³-hybridized carbons (Fsp3) is 0.571. The molecule has 3 nitrogen and oxygen atoms in total. The first-order valence-corrected chi connectivity index (χ1v) is 6.76.